The molecule has 24 heavy (non-hydrogen) atoms. The van der Waals surface area contributed by atoms with Crippen LogP contribution in [0.2, 0.25) is 0 Å². The summed E-state index contributed by atoms with van der Waals surface area (Å²) in [6, 6.07) is 4.33. The van der Waals surface area contributed by atoms with Crippen molar-refractivity contribution in [2.45, 2.75) is 6.04 Å². The molecule has 0 aliphatic carbocycles. The first kappa shape index (κ1) is 17.4. The number of esters is 1. The number of nitro benzene ring substituents is 1. The van der Waals surface area contributed by atoms with E-state index in [1.165, 1.54) is 25.3 Å². The third-order valence-electron chi connectivity index (χ3n) is 3.52. The fourth-order valence-corrected chi connectivity index (χ4v) is 2.45. The molecule has 2 rings (SSSR count). The molecule has 1 heterocycles. The molecule has 1 fully saturated rings. The second kappa shape index (κ2) is 7.55. The minimum atomic E-state index is -0.999. The molecule has 128 valence electrons. The summed E-state index contributed by atoms with van der Waals surface area (Å²) in [4.78, 5) is 34.8. The summed E-state index contributed by atoms with van der Waals surface area (Å²) in [5, 5.41) is 16.2. The van der Waals surface area contributed by atoms with Gasteiger partial charge in [0.2, 0.25) is 0 Å². The van der Waals surface area contributed by atoms with Crippen LogP contribution >= 0.6 is 0 Å². The van der Waals surface area contributed by atoms with Crippen molar-refractivity contribution in [3.63, 3.8) is 0 Å². The number of carbonyl (C=O) groups excluding carboxylic acids is 2. The van der Waals surface area contributed by atoms with Gasteiger partial charge in [-0.05, 0) is 0 Å². The topological polar surface area (TPSA) is 120 Å². The largest absolute Gasteiger partial charge is 0.463 e. The van der Waals surface area contributed by atoms with Crippen molar-refractivity contribution in [3.8, 4) is 0 Å². The van der Waals surface area contributed by atoms with E-state index in [4.69, 9.17) is 9.47 Å². The van der Waals surface area contributed by atoms with Gasteiger partial charge in [-0.3, -0.25) is 14.9 Å². The molecule has 0 saturated carbocycles. The molecule has 0 unspecified atom stereocenters. The summed E-state index contributed by atoms with van der Waals surface area (Å²) in [7, 11) is 1.46. The van der Waals surface area contributed by atoms with Crippen molar-refractivity contribution in [1.29, 1.82) is 0 Å². The number of nitrogens with zero attached hydrogens (tertiary/aromatic N) is 1. The number of hydrogen-bond donors (Lipinski definition) is 2. The number of amides is 2. The van der Waals surface area contributed by atoms with Gasteiger partial charge in [-0.1, -0.05) is 24.8 Å². The van der Waals surface area contributed by atoms with Crippen molar-refractivity contribution in [2.75, 3.05) is 20.3 Å². The summed E-state index contributed by atoms with van der Waals surface area (Å²) >= 11 is 0. The highest BCUT2D eigenvalue weighted by atomic mass is 16.6. The summed E-state index contributed by atoms with van der Waals surface area (Å²) in [6.45, 7) is 3.91. The average Bonchev–Trinajstić information content (AvgIpc) is 2.54. The van der Waals surface area contributed by atoms with E-state index in [2.05, 4.69) is 17.2 Å². The van der Waals surface area contributed by atoms with Gasteiger partial charge in [0.05, 0.1) is 23.1 Å². The molecular formula is C15H17N3O6. The third-order valence-corrected chi connectivity index (χ3v) is 3.52. The van der Waals surface area contributed by atoms with Crippen molar-refractivity contribution in [2.24, 2.45) is 5.92 Å². The highest BCUT2D eigenvalue weighted by molar-refractivity contribution is 5.85. The maximum absolute atomic E-state index is 12.4. The highest BCUT2D eigenvalue weighted by Crippen LogP contribution is 2.35. The Bertz CT molecular complexity index is 675. The van der Waals surface area contributed by atoms with Crippen LogP contribution in [-0.4, -0.2) is 37.2 Å². The molecule has 0 spiro atoms. The minimum Gasteiger partial charge on any atom is -0.463 e. The van der Waals surface area contributed by atoms with Crippen LogP contribution in [0.25, 0.3) is 0 Å². The normalized spacial score (nSPS) is 20.0. The van der Waals surface area contributed by atoms with Gasteiger partial charge in [0.25, 0.3) is 5.69 Å². The zero-order valence-electron chi connectivity index (χ0n) is 13.0. The third kappa shape index (κ3) is 3.69. The number of methoxy groups -OCH3 is 1. The Morgan fingerprint density at radius 3 is 2.75 bits per heavy atom. The fraction of sp³-hybridized carbons (Fsp3) is 0.333. The molecule has 0 radical (unpaired) electrons. The van der Waals surface area contributed by atoms with Crippen molar-refractivity contribution >= 4 is 17.7 Å². The lowest BCUT2D eigenvalue weighted by Gasteiger charge is -2.32. The number of urea groups is 1. The van der Waals surface area contributed by atoms with Crippen molar-refractivity contribution in [1.82, 2.24) is 10.6 Å². The van der Waals surface area contributed by atoms with Crippen LogP contribution < -0.4 is 10.6 Å². The molecular weight excluding hydrogens is 318 g/mol. The lowest BCUT2D eigenvalue weighted by molar-refractivity contribution is -0.385. The van der Waals surface area contributed by atoms with Gasteiger partial charge in [0.1, 0.15) is 12.5 Å². The molecule has 2 N–H and O–H groups in total. The van der Waals surface area contributed by atoms with Gasteiger partial charge in [-0.2, -0.15) is 0 Å². The summed E-state index contributed by atoms with van der Waals surface area (Å²) < 4.78 is 9.90. The van der Waals surface area contributed by atoms with Gasteiger partial charge < -0.3 is 20.1 Å². The molecule has 0 aromatic heterocycles. The average molecular weight is 335 g/mol. The molecule has 0 bridgehead atoms. The number of nitrogens with one attached hydrogen (secondary N) is 2. The molecule has 1 aromatic rings. The Kier molecular flexibility index (Phi) is 5.48. The van der Waals surface area contributed by atoms with Crippen molar-refractivity contribution < 1.29 is 24.0 Å². The maximum Gasteiger partial charge on any atom is 0.319 e. The molecule has 9 nitrogen and oxygen atoms in total. The van der Waals surface area contributed by atoms with E-state index in [1.807, 2.05) is 0 Å². The van der Waals surface area contributed by atoms with Crippen molar-refractivity contribution in [3.05, 3.63) is 52.2 Å². The maximum atomic E-state index is 12.4. The van der Waals surface area contributed by atoms with E-state index in [9.17, 15) is 19.7 Å². The number of ether oxygens (including phenoxy) is 2. The smallest absolute Gasteiger partial charge is 0.319 e. The monoisotopic (exact) mass is 335 g/mol. The lowest BCUT2D eigenvalue weighted by Crippen LogP contribution is -2.51. The number of para-hydroxylation sites is 1. The minimum absolute atomic E-state index is 0.0245. The van der Waals surface area contributed by atoms with E-state index in [0.29, 0.717) is 0 Å². The number of rotatable bonds is 6. The van der Waals surface area contributed by atoms with Crippen LogP contribution in [0.15, 0.2) is 36.5 Å². The molecule has 2 atom stereocenters. The van der Waals surface area contributed by atoms with E-state index >= 15 is 0 Å². The molecule has 2 amide bonds. The van der Waals surface area contributed by atoms with Gasteiger partial charge in [0.15, 0.2) is 0 Å². The van der Waals surface area contributed by atoms with Gasteiger partial charge in [-0.15, -0.1) is 0 Å². The number of carbonyl (C=O) groups is 2. The Balaban J connectivity index is 2.36. The summed E-state index contributed by atoms with van der Waals surface area (Å²) in [5.41, 5.74) is 0.115. The number of nitro groups is 1. The predicted octanol–water partition coefficient (Wildman–Crippen LogP) is 1.27. The van der Waals surface area contributed by atoms with Gasteiger partial charge >= 0.3 is 12.0 Å². The Hall–Kier alpha value is -2.94. The summed E-state index contributed by atoms with van der Waals surface area (Å²) in [6.07, 6.45) is 0. The molecule has 1 aliphatic rings. The van der Waals surface area contributed by atoms with Crippen LogP contribution in [0.1, 0.15) is 11.6 Å². The van der Waals surface area contributed by atoms with Crippen LogP contribution in [0.5, 0.6) is 0 Å². The summed E-state index contributed by atoms with van der Waals surface area (Å²) in [5.74, 6) is -1.66. The van der Waals surface area contributed by atoms with Crippen LogP contribution in [0.4, 0.5) is 10.5 Å². The molecule has 1 aromatic carbocycles. The number of hydrogen-bond acceptors (Lipinski definition) is 6. The second-order valence-corrected chi connectivity index (χ2v) is 5.06. The Labute approximate surface area is 137 Å². The van der Waals surface area contributed by atoms with E-state index in [0.717, 1.165) is 0 Å². The molecule has 1 saturated heterocycles. The Morgan fingerprint density at radius 1 is 1.38 bits per heavy atom. The first-order valence-corrected chi connectivity index (χ1v) is 7.11. The second-order valence-electron chi connectivity index (χ2n) is 5.06. The van der Waals surface area contributed by atoms with Crippen LogP contribution in [0, 0.1) is 16.0 Å². The quantitative estimate of drug-likeness (QED) is 0.350. The first-order valence-electron chi connectivity index (χ1n) is 7.11. The van der Waals surface area contributed by atoms with E-state index in [-0.39, 0.29) is 30.2 Å². The first-order chi connectivity index (χ1) is 11.5. The number of benzene rings is 1. The SMILES string of the molecule is C=C1NC(=O)N[C@@H](c2ccccc2[N+](=O)[O-])[C@@H]1C(=O)OCCOC. The lowest BCUT2D eigenvalue weighted by atomic mass is 9.88. The van der Waals surface area contributed by atoms with Crippen LogP contribution in [0.3, 0.4) is 0 Å². The van der Waals surface area contributed by atoms with E-state index < -0.39 is 28.9 Å². The zero-order chi connectivity index (χ0) is 17.7. The molecule has 9 heteroatoms. The zero-order valence-corrected chi connectivity index (χ0v) is 13.0. The van der Waals surface area contributed by atoms with Crippen LogP contribution in [-0.2, 0) is 14.3 Å². The highest BCUT2D eigenvalue weighted by Gasteiger charge is 2.41. The predicted molar refractivity (Wildman–Crippen MR) is 83.0 cm³/mol. The van der Waals surface area contributed by atoms with Gasteiger partial charge in [0, 0.05) is 18.9 Å². The molecule has 1 aliphatic heterocycles. The fourth-order valence-electron chi connectivity index (χ4n) is 2.45. The van der Waals surface area contributed by atoms with E-state index in [1.54, 1.807) is 6.07 Å². The van der Waals surface area contributed by atoms with Gasteiger partial charge in [-0.25, -0.2) is 4.79 Å². The standard InChI is InChI=1S/C15H17N3O6/c1-9-12(14(19)24-8-7-23-2)13(17-15(20)16-9)10-5-3-4-6-11(10)18(21)22/h3-6,12-13H,1,7-8H2,2H3,(H2,16,17,20)/t12-,13+/m1/s1. The Morgan fingerprint density at radius 2 is 2.08 bits per heavy atom.